The van der Waals surface area contributed by atoms with E-state index in [0.717, 1.165) is 10.5 Å². The van der Waals surface area contributed by atoms with Crippen molar-refractivity contribution in [2.24, 2.45) is 0 Å². The van der Waals surface area contributed by atoms with Crippen molar-refractivity contribution in [1.29, 1.82) is 0 Å². The second-order valence-corrected chi connectivity index (χ2v) is 8.11. The Bertz CT molecular complexity index is 1290. The van der Waals surface area contributed by atoms with E-state index in [0.29, 0.717) is 22.9 Å². The van der Waals surface area contributed by atoms with Crippen molar-refractivity contribution in [3.63, 3.8) is 0 Å². The Hall–Kier alpha value is -4.66. The predicted molar refractivity (Wildman–Crippen MR) is 133 cm³/mol. The lowest BCUT2D eigenvalue weighted by molar-refractivity contribution is -0.134. The zero-order chi connectivity index (χ0) is 25.7. The highest BCUT2D eigenvalue weighted by Gasteiger charge is 2.37. The highest BCUT2D eigenvalue weighted by atomic mass is 16.5. The van der Waals surface area contributed by atoms with Gasteiger partial charge in [-0.15, -0.1) is 0 Å². The van der Waals surface area contributed by atoms with E-state index in [1.54, 1.807) is 87.0 Å². The summed E-state index contributed by atoms with van der Waals surface area (Å²) in [6.45, 7) is -0.501. The smallest absolute Gasteiger partial charge is 0.299 e. The van der Waals surface area contributed by atoms with Crippen LogP contribution in [0.3, 0.4) is 0 Å². The molecule has 0 saturated heterocycles. The minimum absolute atomic E-state index is 0.122. The minimum atomic E-state index is -0.767. The number of carbonyl (C=O) groups excluding carboxylic acids is 4. The fourth-order valence-electron chi connectivity index (χ4n) is 3.87. The van der Waals surface area contributed by atoms with E-state index < -0.39 is 23.5 Å². The van der Waals surface area contributed by atoms with Crippen LogP contribution in [0.1, 0.15) is 15.9 Å². The third-order valence-electron chi connectivity index (χ3n) is 5.77. The molecule has 0 radical (unpaired) electrons. The molecule has 0 atom stereocenters. The van der Waals surface area contributed by atoms with Crippen LogP contribution >= 0.6 is 0 Å². The van der Waals surface area contributed by atoms with Gasteiger partial charge in [0.15, 0.2) is 0 Å². The topological polar surface area (TPSA) is 105 Å². The van der Waals surface area contributed by atoms with Gasteiger partial charge in [-0.2, -0.15) is 0 Å². The maximum Gasteiger partial charge on any atom is 0.299 e. The Labute approximate surface area is 208 Å². The molecule has 0 saturated carbocycles. The third kappa shape index (κ3) is 5.35. The first-order valence-corrected chi connectivity index (χ1v) is 11.2. The van der Waals surface area contributed by atoms with E-state index in [4.69, 9.17) is 9.47 Å². The van der Waals surface area contributed by atoms with Crippen molar-refractivity contribution in [3.05, 3.63) is 83.9 Å². The minimum Gasteiger partial charge on any atom is -0.497 e. The molecular weight excluding hydrogens is 462 g/mol. The number of anilines is 2. The number of nitrogens with one attached hydrogen (secondary N) is 1. The molecule has 0 bridgehead atoms. The molecule has 3 aromatic carbocycles. The van der Waals surface area contributed by atoms with Crippen LogP contribution in [-0.2, 0) is 20.9 Å². The molecule has 0 fully saturated rings. The van der Waals surface area contributed by atoms with E-state index in [1.807, 2.05) is 0 Å². The van der Waals surface area contributed by atoms with Crippen molar-refractivity contribution >= 4 is 34.9 Å². The van der Waals surface area contributed by atoms with Crippen molar-refractivity contribution in [2.45, 2.75) is 6.54 Å². The maximum atomic E-state index is 13.4. The number of ether oxygens (including phenoxy) is 2. The SMILES string of the molecule is COc1ccc(CN(CC(=O)Nc2ccc(OC)cc2)C(=O)CN2C(=O)C(=O)c3ccccc32)cc1. The second-order valence-electron chi connectivity index (χ2n) is 8.11. The standard InChI is InChI=1S/C27H25N3O6/c1-35-20-11-7-18(8-12-20)15-29(16-24(31)28-19-9-13-21(36-2)14-10-19)25(32)17-30-23-6-4-3-5-22(23)26(33)27(30)34/h3-14H,15-17H2,1-2H3,(H,28,31). The van der Waals surface area contributed by atoms with Crippen molar-refractivity contribution in [2.75, 3.05) is 37.5 Å². The molecule has 1 aliphatic heterocycles. The van der Waals surface area contributed by atoms with Gasteiger partial charge in [-0.05, 0) is 54.1 Å². The molecule has 0 unspecified atom stereocenters. The molecule has 4 rings (SSSR count). The van der Waals surface area contributed by atoms with Crippen LogP contribution in [0, 0.1) is 0 Å². The molecule has 3 aromatic rings. The summed E-state index contributed by atoms with van der Waals surface area (Å²) in [5, 5.41) is 2.76. The van der Waals surface area contributed by atoms with Gasteiger partial charge in [0.25, 0.3) is 11.7 Å². The third-order valence-corrected chi connectivity index (χ3v) is 5.77. The largest absolute Gasteiger partial charge is 0.497 e. The number of fused-ring (bicyclic) bond motifs is 1. The van der Waals surface area contributed by atoms with E-state index in [2.05, 4.69) is 5.32 Å². The lowest BCUT2D eigenvalue weighted by Gasteiger charge is -2.25. The van der Waals surface area contributed by atoms with Crippen LogP contribution in [0.2, 0.25) is 0 Å². The summed E-state index contributed by atoms with van der Waals surface area (Å²) < 4.78 is 10.3. The van der Waals surface area contributed by atoms with Crippen molar-refractivity contribution in [1.82, 2.24) is 4.90 Å². The lowest BCUT2D eigenvalue weighted by atomic mass is 10.1. The molecule has 0 aliphatic carbocycles. The first-order chi connectivity index (χ1) is 17.4. The van der Waals surface area contributed by atoms with E-state index in [9.17, 15) is 19.2 Å². The van der Waals surface area contributed by atoms with Gasteiger partial charge in [0, 0.05) is 12.2 Å². The number of amides is 3. The number of hydrogen-bond acceptors (Lipinski definition) is 6. The summed E-state index contributed by atoms with van der Waals surface area (Å²) in [5.74, 6) is -1.00. The van der Waals surface area contributed by atoms with Gasteiger partial charge < -0.3 is 19.7 Å². The number of para-hydroxylation sites is 1. The van der Waals surface area contributed by atoms with Crippen LogP contribution in [0.5, 0.6) is 11.5 Å². The van der Waals surface area contributed by atoms with Crippen LogP contribution in [0.15, 0.2) is 72.8 Å². The summed E-state index contributed by atoms with van der Waals surface area (Å²) in [7, 11) is 3.11. The Balaban J connectivity index is 1.52. The summed E-state index contributed by atoms with van der Waals surface area (Å²) in [5.41, 5.74) is 1.96. The van der Waals surface area contributed by atoms with Gasteiger partial charge in [-0.25, -0.2) is 0 Å². The van der Waals surface area contributed by atoms with E-state index in [1.165, 1.54) is 4.90 Å². The molecule has 1 N–H and O–H groups in total. The van der Waals surface area contributed by atoms with Crippen LogP contribution < -0.4 is 19.7 Å². The number of ketones is 1. The van der Waals surface area contributed by atoms with E-state index >= 15 is 0 Å². The average Bonchev–Trinajstić information content (AvgIpc) is 3.14. The molecular formula is C27H25N3O6. The fraction of sp³-hybridized carbons (Fsp3) is 0.185. The van der Waals surface area contributed by atoms with Crippen molar-refractivity contribution in [3.8, 4) is 11.5 Å². The van der Waals surface area contributed by atoms with Crippen LogP contribution in [-0.4, -0.2) is 55.7 Å². The summed E-state index contributed by atoms with van der Waals surface area (Å²) >= 11 is 0. The number of methoxy groups -OCH3 is 2. The number of benzene rings is 3. The zero-order valence-electron chi connectivity index (χ0n) is 19.9. The van der Waals surface area contributed by atoms with Gasteiger partial charge in [0.05, 0.1) is 25.5 Å². The highest BCUT2D eigenvalue weighted by Crippen LogP contribution is 2.28. The molecule has 1 aliphatic rings. The molecule has 36 heavy (non-hydrogen) atoms. The molecule has 9 nitrogen and oxygen atoms in total. The molecule has 3 amide bonds. The van der Waals surface area contributed by atoms with Gasteiger partial charge >= 0.3 is 0 Å². The Morgan fingerprint density at radius 1 is 0.861 bits per heavy atom. The highest BCUT2D eigenvalue weighted by molar-refractivity contribution is 6.52. The lowest BCUT2D eigenvalue weighted by Crippen LogP contribution is -2.45. The number of Topliss-reactive ketones (excluding diaryl/α,β-unsaturated/α-hetero) is 1. The summed E-state index contributed by atoms with van der Waals surface area (Å²) in [6, 6.07) is 20.4. The molecule has 184 valence electrons. The normalized spacial score (nSPS) is 12.2. The van der Waals surface area contributed by atoms with Gasteiger partial charge in [0.1, 0.15) is 24.6 Å². The fourth-order valence-corrected chi connectivity index (χ4v) is 3.87. The number of carbonyl (C=O) groups is 4. The Morgan fingerprint density at radius 3 is 2.11 bits per heavy atom. The molecule has 0 aromatic heterocycles. The van der Waals surface area contributed by atoms with Gasteiger partial charge in [-0.3, -0.25) is 24.1 Å². The molecule has 0 spiro atoms. The number of rotatable bonds is 9. The van der Waals surface area contributed by atoms with Gasteiger partial charge in [0.2, 0.25) is 11.8 Å². The Morgan fingerprint density at radius 2 is 1.47 bits per heavy atom. The Kier molecular flexibility index (Phi) is 7.29. The number of nitrogens with zero attached hydrogens (tertiary/aromatic N) is 2. The van der Waals surface area contributed by atoms with Crippen molar-refractivity contribution < 1.29 is 28.7 Å². The maximum absolute atomic E-state index is 13.4. The zero-order valence-corrected chi connectivity index (χ0v) is 19.9. The molecule has 9 heteroatoms. The monoisotopic (exact) mass is 487 g/mol. The number of hydrogen-bond donors (Lipinski definition) is 1. The van der Waals surface area contributed by atoms with Crippen LogP contribution in [0.25, 0.3) is 0 Å². The summed E-state index contributed by atoms with van der Waals surface area (Å²) in [6.07, 6.45) is 0. The molecule has 1 heterocycles. The van der Waals surface area contributed by atoms with Gasteiger partial charge in [-0.1, -0.05) is 24.3 Å². The van der Waals surface area contributed by atoms with E-state index in [-0.39, 0.29) is 25.2 Å². The van der Waals surface area contributed by atoms with Crippen LogP contribution in [0.4, 0.5) is 11.4 Å². The average molecular weight is 488 g/mol. The first kappa shape index (κ1) is 24.5. The first-order valence-electron chi connectivity index (χ1n) is 11.2. The summed E-state index contributed by atoms with van der Waals surface area (Å²) in [4.78, 5) is 53.6. The predicted octanol–water partition coefficient (Wildman–Crippen LogP) is 2.90. The quantitative estimate of drug-likeness (QED) is 0.466. The second kappa shape index (κ2) is 10.7.